The summed E-state index contributed by atoms with van der Waals surface area (Å²) in [6.45, 7) is 0. The van der Waals surface area contributed by atoms with Gasteiger partial charge < -0.3 is 9.67 Å². The molecule has 2 aromatic heterocycles. The van der Waals surface area contributed by atoms with Crippen molar-refractivity contribution in [1.29, 1.82) is 0 Å². The van der Waals surface area contributed by atoms with Crippen LogP contribution in [0.15, 0.2) is 36.4 Å². The Morgan fingerprint density at radius 2 is 2.11 bits per heavy atom. The van der Waals surface area contributed by atoms with Crippen LogP contribution in [0.2, 0.25) is 0 Å². The van der Waals surface area contributed by atoms with Gasteiger partial charge in [-0.25, -0.2) is 9.18 Å². The minimum Gasteiger partial charge on any atom is -0.477 e. The SMILES string of the molecule is Cn1c(C(=O)O)ccc1-c1cc2c(F)cccc2s1. The van der Waals surface area contributed by atoms with Crippen LogP contribution in [-0.2, 0) is 7.05 Å². The molecule has 1 N–H and O–H groups in total. The highest BCUT2D eigenvalue weighted by Crippen LogP contribution is 2.35. The second kappa shape index (κ2) is 4.20. The number of halogens is 1. The summed E-state index contributed by atoms with van der Waals surface area (Å²) in [5.74, 6) is -1.23. The van der Waals surface area contributed by atoms with Crippen LogP contribution in [0.1, 0.15) is 10.5 Å². The number of fused-ring (bicyclic) bond motifs is 1. The number of nitrogens with zero attached hydrogens (tertiary/aromatic N) is 1. The summed E-state index contributed by atoms with van der Waals surface area (Å²) in [6.07, 6.45) is 0. The molecule has 0 unspecified atom stereocenters. The first-order chi connectivity index (χ1) is 9.08. The molecule has 19 heavy (non-hydrogen) atoms. The van der Waals surface area contributed by atoms with Gasteiger partial charge in [0.05, 0.1) is 10.6 Å². The molecule has 0 amide bonds. The standard InChI is InChI=1S/C14H10FNO2S/c1-16-10(5-6-11(16)14(17)18)13-7-8-9(15)3-2-4-12(8)19-13/h2-7H,1H3,(H,17,18). The Labute approximate surface area is 112 Å². The van der Waals surface area contributed by atoms with Crippen molar-refractivity contribution in [2.45, 2.75) is 0 Å². The maximum absolute atomic E-state index is 13.7. The van der Waals surface area contributed by atoms with Gasteiger partial charge in [0.25, 0.3) is 0 Å². The second-order valence-corrected chi connectivity index (χ2v) is 5.31. The molecule has 1 aromatic carbocycles. The number of aromatic carboxylic acids is 1. The topological polar surface area (TPSA) is 42.2 Å². The molecule has 3 nitrogen and oxygen atoms in total. The zero-order valence-electron chi connectivity index (χ0n) is 10.1. The fraction of sp³-hybridized carbons (Fsp3) is 0.0714. The molecule has 0 radical (unpaired) electrons. The van der Waals surface area contributed by atoms with Gasteiger partial charge in [0.1, 0.15) is 11.5 Å². The Bertz CT molecular complexity index is 788. The van der Waals surface area contributed by atoms with Crippen molar-refractivity contribution in [3.63, 3.8) is 0 Å². The predicted molar refractivity (Wildman–Crippen MR) is 73.1 cm³/mol. The highest BCUT2D eigenvalue weighted by molar-refractivity contribution is 7.22. The van der Waals surface area contributed by atoms with Gasteiger partial charge in [-0.15, -0.1) is 11.3 Å². The Morgan fingerprint density at radius 1 is 1.32 bits per heavy atom. The fourth-order valence-electron chi connectivity index (χ4n) is 2.12. The van der Waals surface area contributed by atoms with Crippen LogP contribution in [-0.4, -0.2) is 15.6 Å². The number of carboxylic acids is 1. The van der Waals surface area contributed by atoms with Crippen LogP contribution >= 0.6 is 11.3 Å². The van der Waals surface area contributed by atoms with Crippen molar-refractivity contribution in [3.8, 4) is 10.6 Å². The van der Waals surface area contributed by atoms with E-state index in [-0.39, 0.29) is 11.5 Å². The Kier molecular flexibility index (Phi) is 2.64. The lowest BCUT2D eigenvalue weighted by atomic mass is 10.2. The van der Waals surface area contributed by atoms with E-state index in [9.17, 15) is 9.18 Å². The van der Waals surface area contributed by atoms with E-state index in [0.29, 0.717) is 5.39 Å². The summed E-state index contributed by atoms with van der Waals surface area (Å²) in [5, 5.41) is 9.60. The van der Waals surface area contributed by atoms with Gasteiger partial charge in [-0.3, -0.25) is 0 Å². The van der Waals surface area contributed by atoms with Gasteiger partial charge in [-0.1, -0.05) is 6.07 Å². The number of hydrogen-bond donors (Lipinski definition) is 1. The van der Waals surface area contributed by atoms with Crippen LogP contribution in [0.4, 0.5) is 4.39 Å². The predicted octanol–water partition coefficient (Wildman–Crippen LogP) is 3.74. The molecule has 3 rings (SSSR count). The number of benzene rings is 1. The third kappa shape index (κ3) is 1.82. The second-order valence-electron chi connectivity index (χ2n) is 4.23. The first kappa shape index (κ1) is 11.9. The van der Waals surface area contributed by atoms with E-state index in [1.54, 1.807) is 35.9 Å². The van der Waals surface area contributed by atoms with Crippen LogP contribution < -0.4 is 0 Å². The lowest BCUT2D eigenvalue weighted by Gasteiger charge is -2.02. The molecule has 0 saturated heterocycles. The number of aromatic nitrogens is 1. The summed E-state index contributed by atoms with van der Waals surface area (Å²) in [6, 6.07) is 10.0. The van der Waals surface area contributed by atoms with Crippen LogP contribution in [0.3, 0.4) is 0 Å². The number of carbonyl (C=O) groups is 1. The van der Waals surface area contributed by atoms with Gasteiger partial charge in [-0.2, -0.15) is 0 Å². The molecule has 2 heterocycles. The highest BCUT2D eigenvalue weighted by atomic mass is 32.1. The van der Waals surface area contributed by atoms with Crippen molar-refractivity contribution in [1.82, 2.24) is 4.57 Å². The van der Waals surface area contributed by atoms with E-state index >= 15 is 0 Å². The van der Waals surface area contributed by atoms with Crippen molar-refractivity contribution in [2.24, 2.45) is 7.05 Å². The average molecular weight is 275 g/mol. The van der Waals surface area contributed by atoms with Gasteiger partial charge >= 0.3 is 5.97 Å². The molecular weight excluding hydrogens is 265 g/mol. The van der Waals surface area contributed by atoms with E-state index < -0.39 is 5.97 Å². The first-order valence-corrected chi connectivity index (χ1v) is 6.47. The van der Waals surface area contributed by atoms with Gasteiger partial charge in [0.15, 0.2) is 0 Å². The van der Waals surface area contributed by atoms with Crippen LogP contribution in [0, 0.1) is 5.82 Å². The molecule has 0 bridgehead atoms. The summed E-state index contributed by atoms with van der Waals surface area (Å²) in [4.78, 5) is 11.9. The molecule has 0 aliphatic rings. The maximum atomic E-state index is 13.7. The molecule has 0 fully saturated rings. The molecule has 5 heteroatoms. The van der Waals surface area contributed by atoms with Crippen molar-refractivity contribution in [2.75, 3.05) is 0 Å². The minimum atomic E-state index is -0.971. The van der Waals surface area contributed by atoms with Gasteiger partial charge in [0, 0.05) is 17.1 Å². The fourth-order valence-corrected chi connectivity index (χ4v) is 3.26. The van der Waals surface area contributed by atoms with Gasteiger partial charge in [-0.05, 0) is 30.3 Å². The quantitative estimate of drug-likeness (QED) is 0.774. The summed E-state index contributed by atoms with van der Waals surface area (Å²) < 4.78 is 16.1. The molecule has 0 aliphatic carbocycles. The third-order valence-electron chi connectivity index (χ3n) is 3.10. The zero-order chi connectivity index (χ0) is 13.6. The van der Waals surface area contributed by atoms with E-state index in [1.165, 1.54) is 17.4 Å². The number of carboxylic acid groups (broad SMARTS) is 1. The lowest BCUT2D eigenvalue weighted by Crippen LogP contribution is -2.04. The Morgan fingerprint density at radius 3 is 2.74 bits per heavy atom. The van der Waals surface area contributed by atoms with E-state index in [4.69, 9.17) is 5.11 Å². The largest absolute Gasteiger partial charge is 0.477 e. The van der Waals surface area contributed by atoms with Crippen molar-refractivity contribution >= 4 is 27.4 Å². The number of rotatable bonds is 2. The Hall–Kier alpha value is -2.14. The zero-order valence-corrected chi connectivity index (χ0v) is 10.9. The van der Waals surface area contributed by atoms with E-state index in [2.05, 4.69) is 0 Å². The monoisotopic (exact) mass is 275 g/mol. The van der Waals surface area contributed by atoms with Gasteiger partial charge in [0.2, 0.25) is 0 Å². The molecule has 0 aliphatic heterocycles. The molecule has 0 spiro atoms. The molecule has 3 aromatic rings. The maximum Gasteiger partial charge on any atom is 0.352 e. The average Bonchev–Trinajstić information content (AvgIpc) is 2.93. The molecule has 0 atom stereocenters. The van der Waals surface area contributed by atoms with E-state index in [1.807, 2.05) is 6.07 Å². The molecule has 96 valence electrons. The van der Waals surface area contributed by atoms with E-state index in [0.717, 1.165) is 15.3 Å². The molecule has 0 saturated carbocycles. The Balaban J connectivity index is 2.20. The smallest absolute Gasteiger partial charge is 0.352 e. The number of thiophene rings is 1. The highest BCUT2D eigenvalue weighted by Gasteiger charge is 2.14. The van der Waals surface area contributed by atoms with Crippen molar-refractivity contribution < 1.29 is 14.3 Å². The molecular formula is C14H10FNO2S. The minimum absolute atomic E-state index is 0.216. The van der Waals surface area contributed by atoms with Crippen LogP contribution in [0.5, 0.6) is 0 Å². The summed E-state index contributed by atoms with van der Waals surface area (Å²) in [7, 11) is 1.69. The first-order valence-electron chi connectivity index (χ1n) is 5.65. The summed E-state index contributed by atoms with van der Waals surface area (Å²) >= 11 is 1.45. The lowest BCUT2D eigenvalue weighted by molar-refractivity contribution is 0.0687. The normalized spacial score (nSPS) is 11.1. The van der Waals surface area contributed by atoms with Crippen molar-refractivity contribution in [3.05, 3.63) is 47.9 Å². The third-order valence-corrected chi connectivity index (χ3v) is 4.22. The van der Waals surface area contributed by atoms with Crippen LogP contribution in [0.25, 0.3) is 20.7 Å². The summed E-state index contributed by atoms with van der Waals surface area (Å²) in [5.41, 5.74) is 0.992. The number of hydrogen-bond acceptors (Lipinski definition) is 2.